The summed E-state index contributed by atoms with van der Waals surface area (Å²) < 4.78 is 0. The molecule has 0 fully saturated rings. The quantitative estimate of drug-likeness (QED) is 0.792. The zero-order valence-corrected chi connectivity index (χ0v) is 11.4. The summed E-state index contributed by atoms with van der Waals surface area (Å²) in [6, 6.07) is 10.3. The monoisotopic (exact) mass is 280 g/mol. The van der Waals surface area contributed by atoms with Crippen molar-refractivity contribution in [3.63, 3.8) is 0 Å². The largest absolute Gasteiger partial charge is 0.367 e. The van der Waals surface area contributed by atoms with E-state index in [1.807, 2.05) is 24.5 Å². The predicted molar refractivity (Wildman–Crippen MR) is 77.7 cm³/mol. The van der Waals surface area contributed by atoms with Crippen LogP contribution in [-0.4, -0.2) is 11.5 Å². The van der Waals surface area contributed by atoms with E-state index in [-0.39, 0.29) is 12.4 Å². The van der Waals surface area contributed by atoms with Crippen LogP contribution in [0, 0.1) is 0 Å². The van der Waals surface area contributed by atoms with Crippen LogP contribution >= 0.6 is 24.0 Å². The van der Waals surface area contributed by atoms with Gasteiger partial charge in [0.2, 0.25) is 0 Å². The van der Waals surface area contributed by atoms with E-state index in [9.17, 15) is 0 Å². The second-order valence-electron chi connectivity index (χ2n) is 4.25. The minimum Gasteiger partial charge on any atom is -0.367 e. The van der Waals surface area contributed by atoms with E-state index in [1.165, 1.54) is 16.8 Å². The van der Waals surface area contributed by atoms with Gasteiger partial charge in [-0.1, -0.05) is 23.7 Å². The fourth-order valence-corrected chi connectivity index (χ4v) is 2.63. The van der Waals surface area contributed by atoms with Gasteiger partial charge in [0.1, 0.15) is 0 Å². The first-order valence-electron chi connectivity index (χ1n) is 5.76. The van der Waals surface area contributed by atoms with Crippen molar-refractivity contribution in [1.82, 2.24) is 4.98 Å². The molecule has 3 rings (SSSR count). The summed E-state index contributed by atoms with van der Waals surface area (Å²) in [5, 5.41) is 0.900. The van der Waals surface area contributed by atoms with Crippen molar-refractivity contribution >= 4 is 29.7 Å². The number of benzene rings is 1. The van der Waals surface area contributed by atoms with Gasteiger partial charge in [0, 0.05) is 36.2 Å². The molecule has 0 radical (unpaired) electrons. The lowest BCUT2D eigenvalue weighted by molar-refractivity contribution is 0.731. The number of anilines is 1. The molecular weight excluding hydrogens is 267 g/mol. The molecule has 0 N–H and O–H groups in total. The molecule has 0 bridgehead atoms. The number of fused-ring (bicyclic) bond motifs is 1. The average Bonchev–Trinajstić information content (AvgIpc) is 2.40. The molecule has 0 spiro atoms. The number of aromatic nitrogens is 1. The van der Waals surface area contributed by atoms with Gasteiger partial charge >= 0.3 is 0 Å². The Balaban J connectivity index is 0.00000120. The first-order chi connectivity index (χ1) is 8.34. The molecule has 1 aromatic heterocycles. The van der Waals surface area contributed by atoms with Gasteiger partial charge in [-0.3, -0.25) is 4.98 Å². The van der Waals surface area contributed by atoms with E-state index in [0.717, 1.165) is 24.5 Å². The maximum absolute atomic E-state index is 6.21. The predicted octanol–water partition coefficient (Wildman–Crippen LogP) is 3.72. The molecule has 0 aliphatic carbocycles. The molecule has 1 aromatic carbocycles. The summed E-state index contributed by atoms with van der Waals surface area (Å²) in [4.78, 5) is 6.41. The second kappa shape index (κ2) is 5.59. The molecule has 94 valence electrons. The number of halogens is 2. The Labute approximate surface area is 118 Å². The van der Waals surface area contributed by atoms with Gasteiger partial charge in [0.25, 0.3) is 0 Å². The fraction of sp³-hybridized carbons (Fsp3) is 0.214. The average molecular weight is 281 g/mol. The molecule has 0 unspecified atom stereocenters. The van der Waals surface area contributed by atoms with Crippen LogP contribution in [0.2, 0.25) is 5.02 Å². The zero-order valence-electron chi connectivity index (χ0n) is 9.84. The summed E-state index contributed by atoms with van der Waals surface area (Å²) in [7, 11) is 0. The van der Waals surface area contributed by atoms with Gasteiger partial charge in [-0.2, -0.15) is 0 Å². The molecule has 4 heteroatoms. The molecule has 2 heterocycles. The minimum atomic E-state index is 0. The third-order valence-electron chi connectivity index (χ3n) is 3.24. The van der Waals surface area contributed by atoms with E-state index >= 15 is 0 Å². The van der Waals surface area contributed by atoms with E-state index < -0.39 is 0 Å². The molecule has 0 amide bonds. The molecule has 18 heavy (non-hydrogen) atoms. The Hall–Kier alpha value is -1.25. The molecule has 1 aliphatic heterocycles. The van der Waals surface area contributed by atoms with E-state index in [4.69, 9.17) is 11.6 Å². The highest BCUT2D eigenvalue weighted by Gasteiger charge is 2.17. The highest BCUT2D eigenvalue weighted by atomic mass is 35.5. The van der Waals surface area contributed by atoms with Crippen LogP contribution in [0.1, 0.15) is 11.1 Å². The van der Waals surface area contributed by atoms with Crippen LogP contribution in [0.25, 0.3) is 0 Å². The number of pyridine rings is 1. The van der Waals surface area contributed by atoms with Gasteiger partial charge in [0.05, 0.1) is 0 Å². The standard InChI is InChI=1S/C14H13ClN2.ClH/c15-14-3-1-2-11-10-17(9-6-13(11)14)12-4-7-16-8-5-12;/h1-5,7-8H,6,9-10H2;1H. The Morgan fingerprint density at radius 3 is 2.67 bits per heavy atom. The van der Waals surface area contributed by atoms with Crippen molar-refractivity contribution < 1.29 is 0 Å². The highest BCUT2D eigenvalue weighted by Crippen LogP contribution is 2.28. The topological polar surface area (TPSA) is 16.1 Å². The summed E-state index contributed by atoms with van der Waals surface area (Å²) in [6.07, 6.45) is 4.68. The lowest BCUT2D eigenvalue weighted by Crippen LogP contribution is -2.30. The number of hydrogen-bond acceptors (Lipinski definition) is 2. The molecule has 2 nitrogen and oxygen atoms in total. The maximum Gasteiger partial charge on any atom is 0.0442 e. The molecule has 0 saturated heterocycles. The van der Waals surface area contributed by atoms with Crippen molar-refractivity contribution in [2.24, 2.45) is 0 Å². The molecule has 0 saturated carbocycles. The summed E-state index contributed by atoms with van der Waals surface area (Å²) in [5.41, 5.74) is 3.87. The normalized spacial score (nSPS) is 13.7. The molecule has 1 aliphatic rings. The van der Waals surface area contributed by atoms with Crippen molar-refractivity contribution in [1.29, 1.82) is 0 Å². The maximum atomic E-state index is 6.21. The zero-order chi connectivity index (χ0) is 11.7. The Morgan fingerprint density at radius 2 is 1.89 bits per heavy atom. The fourth-order valence-electron chi connectivity index (χ4n) is 2.34. The van der Waals surface area contributed by atoms with Crippen LogP contribution in [0.15, 0.2) is 42.7 Å². The van der Waals surface area contributed by atoms with Gasteiger partial charge in [0.15, 0.2) is 0 Å². The van der Waals surface area contributed by atoms with Crippen LogP contribution in [0.3, 0.4) is 0 Å². The molecule has 0 atom stereocenters. The Kier molecular flexibility index (Phi) is 4.10. The number of rotatable bonds is 1. The van der Waals surface area contributed by atoms with Crippen LogP contribution < -0.4 is 4.90 Å². The summed E-state index contributed by atoms with van der Waals surface area (Å²) in [6.45, 7) is 1.95. The van der Waals surface area contributed by atoms with Crippen molar-refractivity contribution in [3.05, 3.63) is 58.9 Å². The van der Waals surface area contributed by atoms with Crippen LogP contribution in [0.4, 0.5) is 5.69 Å². The van der Waals surface area contributed by atoms with Gasteiger partial charge in [-0.05, 0) is 35.7 Å². The summed E-state index contributed by atoms with van der Waals surface area (Å²) in [5.74, 6) is 0. The van der Waals surface area contributed by atoms with E-state index in [0.29, 0.717) is 0 Å². The summed E-state index contributed by atoms with van der Waals surface area (Å²) >= 11 is 6.21. The minimum absolute atomic E-state index is 0. The first kappa shape index (κ1) is 13.2. The van der Waals surface area contributed by atoms with Crippen molar-refractivity contribution in [2.45, 2.75) is 13.0 Å². The lowest BCUT2D eigenvalue weighted by atomic mass is 9.99. The van der Waals surface area contributed by atoms with Gasteiger partial charge in [-0.15, -0.1) is 12.4 Å². The third kappa shape index (κ3) is 2.45. The van der Waals surface area contributed by atoms with Crippen molar-refractivity contribution in [2.75, 3.05) is 11.4 Å². The molecular formula is C14H14Cl2N2. The van der Waals surface area contributed by atoms with Crippen LogP contribution in [-0.2, 0) is 13.0 Å². The van der Waals surface area contributed by atoms with Gasteiger partial charge in [-0.25, -0.2) is 0 Å². The van der Waals surface area contributed by atoms with Crippen molar-refractivity contribution in [3.8, 4) is 0 Å². The smallest absolute Gasteiger partial charge is 0.0442 e. The first-order valence-corrected chi connectivity index (χ1v) is 6.13. The molecule has 2 aromatic rings. The Morgan fingerprint density at radius 1 is 1.11 bits per heavy atom. The Bertz CT molecular complexity index is 529. The number of nitrogens with zero attached hydrogens (tertiary/aromatic N) is 2. The second-order valence-corrected chi connectivity index (χ2v) is 4.66. The van der Waals surface area contributed by atoms with E-state index in [1.54, 1.807) is 0 Å². The lowest BCUT2D eigenvalue weighted by Gasteiger charge is -2.31. The number of hydrogen-bond donors (Lipinski definition) is 0. The van der Waals surface area contributed by atoms with Crippen LogP contribution in [0.5, 0.6) is 0 Å². The van der Waals surface area contributed by atoms with Gasteiger partial charge < -0.3 is 4.90 Å². The van der Waals surface area contributed by atoms with E-state index in [2.05, 4.69) is 28.1 Å². The highest BCUT2D eigenvalue weighted by molar-refractivity contribution is 6.31. The SMILES string of the molecule is Cl.Clc1cccc2c1CCN(c1ccncc1)C2. The third-order valence-corrected chi connectivity index (χ3v) is 3.59.